The highest BCUT2D eigenvalue weighted by molar-refractivity contribution is 7.88. The van der Waals surface area contributed by atoms with E-state index >= 15 is 0 Å². The number of nitrogens with zero attached hydrogens (tertiary/aromatic N) is 1. The molecule has 2 amide bonds. The van der Waals surface area contributed by atoms with Crippen LogP contribution in [-0.2, 0) is 20.6 Å². The molecule has 9 heteroatoms. The molecule has 7 nitrogen and oxygen atoms in total. The van der Waals surface area contributed by atoms with Crippen LogP contribution in [0.25, 0.3) is 0 Å². The largest absolute Gasteiger partial charge is 0.354 e. The number of rotatable bonds is 8. The average Bonchev–Trinajstić information content (AvgIpc) is 2.77. The molecule has 1 aliphatic rings. The molecule has 0 saturated carbocycles. The van der Waals surface area contributed by atoms with Crippen LogP contribution < -0.4 is 10.6 Å². The fraction of sp³-hybridized carbons (Fsp3) is 0.364. The predicted molar refractivity (Wildman–Crippen MR) is 120 cm³/mol. The summed E-state index contributed by atoms with van der Waals surface area (Å²) in [7, 11) is -3.40. The zero-order chi connectivity index (χ0) is 22.3. The molecule has 0 aromatic heterocycles. The second-order valence-electron chi connectivity index (χ2n) is 7.44. The van der Waals surface area contributed by atoms with Gasteiger partial charge >= 0.3 is 0 Å². The van der Waals surface area contributed by atoms with Gasteiger partial charge in [0, 0.05) is 32.1 Å². The van der Waals surface area contributed by atoms with Gasteiger partial charge in [-0.3, -0.25) is 9.59 Å². The number of hydrogen-bond donors (Lipinski definition) is 2. The zero-order valence-corrected chi connectivity index (χ0v) is 18.7. The van der Waals surface area contributed by atoms with Crippen molar-refractivity contribution in [3.63, 3.8) is 0 Å². The van der Waals surface area contributed by atoms with E-state index in [0.29, 0.717) is 43.1 Å². The highest BCUT2D eigenvalue weighted by atomic mass is 35.5. The highest BCUT2D eigenvalue weighted by Crippen LogP contribution is 2.22. The zero-order valence-electron chi connectivity index (χ0n) is 17.1. The summed E-state index contributed by atoms with van der Waals surface area (Å²) in [5.74, 6) is -0.679. The van der Waals surface area contributed by atoms with Crippen LogP contribution in [0.5, 0.6) is 0 Å². The molecule has 3 rings (SSSR count). The highest BCUT2D eigenvalue weighted by Gasteiger charge is 2.31. The fourth-order valence-electron chi connectivity index (χ4n) is 3.52. The van der Waals surface area contributed by atoms with Crippen LogP contribution in [0.3, 0.4) is 0 Å². The molecule has 0 radical (unpaired) electrons. The number of benzene rings is 2. The first-order valence-electron chi connectivity index (χ1n) is 10.2. The molecule has 0 unspecified atom stereocenters. The van der Waals surface area contributed by atoms with Crippen molar-refractivity contribution in [1.82, 2.24) is 14.9 Å². The number of halogens is 1. The lowest BCUT2D eigenvalue weighted by Gasteiger charge is -2.30. The first kappa shape index (κ1) is 23.2. The molecule has 31 heavy (non-hydrogen) atoms. The van der Waals surface area contributed by atoms with Gasteiger partial charge in [0.2, 0.25) is 15.9 Å². The van der Waals surface area contributed by atoms with Gasteiger partial charge in [0.15, 0.2) is 0 Å². The molecule has 0 atom stereocenters. The molecule has 166 valence electrons. The topological polar surface area (TPSA) is 95.6 Å². The van der Waals surface area contributed by atoms with Gasteiger partial charge in [0.05, 0.1) is 16.3 Å². The molecule has 2 N–H and O–H groups in total. The van der Waals surface area contributed by atoms with E-state index in [1.807, 2.05) is 18.2 Å². The van der Waals surface area contributed by atoms with Crippen molar-refractivity contribution in [1.29, 1.82) is 0 Å². The van der Waals surface area contributed by atoms with Crippen LogP contribution >= 0.6 is 11.6 Å². The minimum absolute atomic E-state index is 0.0319. The number of carbonyl (C=O) groups is 2. The van der Waals surface area contributed by atoms with E-state index < -0.39 is 10.0 Å². The van der Waals surface area contributed by atoms with Crippen molar-refractivity contribution in [3.8, 4) is 0 Å². The number of amides is 2. The molecule has 0 bridgehead atoms. The average molecular weight is 464 g/mol. The fourth-order valence-corrected chi connectivity index (χ4v) is 5.30. The summed E-state index contributed by atoms with van der Waals surface area (Å²) in [5.41, 5.74) is 1.14. The third-order valence-corrected chi connectivity index (χ3v) is 7.42. The lowest BCUT2D eigenvalue weighted by molar-refractivity contribution is -0.126. The Morgan fingerprint density at radius 1 is 0.935 bits per heavy atom. The molecule has 1 aliphatic heterocycles. The monoisotopic (exact) mass is 463 g/mol. The lowest BCUT2D eigenvalue weighted by atomic mass is 9.97. The summed E-state index contributed by atoms with van der Waals surface area (Å²) in [6.45, 7) is 1.23. The summed E-state index contributed by atoms with van der Waals surface area (Å²) in [6, 6.07) is 15.8. The Hall–Kier alpha value is -2.42. The number of piperidine rings is 1. The number of hydrogen-bond acceptors (Lipinski definition) is 4. The molecule has 1 saturated heterocycles. The quantitative estimate of drug-likeness (QED) is 0.588. The summed E-state index contributed by atoms with van der Waals surface area (Å²) in [5, 5.41) is 5.91. The molecule has 0 spiro atoms. The third kappa shape index (κ3) is 6.53. The Morgan fingerprint density at radius 2 is 1.55 bits per heavy atom. The number of sulfonamides is 1. The summed E-state index contributed by atoms with van der Waals surface area (Å²) < 4.78 is 26.7. The Balaban J connectivity index is 1.39. The van der Waals surface area contributed by atoms with Gasteiger partial charge in [0.25, 0.3) is 5.91 Å². The molecular formula is C22H26ClN3O4S. The molecule has 0 aliphatic carbocycles. The van der Waals surface area contributed by atoms with Crippen LogP contribution in [0.2, 0.25) is 5.02 Å². The van der Waals surface area contributed by atoms with Crippen LogP contribution in [0.15, 0.2) is 54.6 Å². The van der Waals surface area contributed by atoms with Crippen LogP contribution in [0, 0.1) is 5.92 Å². The van der Waals surface area contributed by atoms with E-state index in [0.717, 1.165) is 5.56 Å². The lowest BCUT2D eigenvalue weighted by Crippen LogP contribution is -2.44. The van der Waals surface area contributed by atoms with E-state index in [4.69, 9.17) is 11.6 Å². The van der Waals surface area contributed by atoms with E-state index in [1.54, 1.807) is 36.4 Å². The molecule has 1 heterocycles. The van der Waals surface area contributed by atoms with E-state index in [-0.39, 0.29) is 30.0 Å². The van der Waals surface area contributed by atoms with E-state index in [9.17, 15) is 18.0 Å². The Bertz CT molecular complexity index is 1010. The van der Waals surface area contributed by atoms with Crippen molar-refractivity contribution in [2.45, 2.75) is 18.6 Å². The number of nitrogens with one attached hydrogen (secondary N) is 2. The second kappa shape index (κ2) is 10.7. The van der Waals surface area contributed by atoms with Crippen molar-refractivity contribution in [2.24, 2.45) is 5.92 Å². The van der Waals surface area contributed by atoms with Gasteiger partial charge in [-0.1, -0.05) is 54.1 Å². The Labute approximate surface area is 187 Å². The smallest absolute Gasteiger partial charge is 0.252 e. The van der Waals surface area contributed by atoms with Gasteiger partial charge in [-0.25, -0.2) is 12.7 Å². The molecule has 1 fully saturated rings. The van der Waals surface area contributed by atoms with E-state index in [1.165, 1.54) is 4.31 Å². The van der Waals surface area contributed by atoms with Gasteiger partial charge in [-0.15, -0.1) is 0 Å². The molecular weight excluding hydrogens is 438 g/mol. The maximum Gasteiger partial charge on any atom is 0.252 e. The first-order chi connectivity index (χ1) is 14.9. The van der Waals surface area contributed by atoms with Gasteiger partial charge in [-0.05, 0) is 30.5 Å². The standard InChI is InChI=1S/C22H26ClN3O4S/c23-20-9-5-4-8-19(20)22(28)25-13-12-24-21(27)18-10-14-26(15-11-18)31(29,30)16-17-6-2-1-3-7-17/h1-9,18H,10-16H2,(H,24,27)(H,25,28). The van der Waals surface area contributed by atoms with Crippen molar-refractivity contribution in [3.05, 3.63) is 70.7 Å². The number of carbonyl (C=O) groups excluding carboxylic acids is 2. The maximum absolute atomic E-state index is 12.6. The molecule has 2 aromatic rings. The van der Waals surface area contributed by atoms with Gasteiger partial charge in [-0.2, -0.15) is 0 Å². The Kier molecular flexibility index (Phi) is 8.06. The van der Waals surface area contributed by atoms with Crippen molar-refractivity contribution < 1.29 is 18.0 Å². The van der Waals surface area contributed by atoms with Crippen LogP contribution in [0.1, 0.15) is 28.8 Å². The third-order valence-electron chi connectivity index (χ3n) is 5.24. The van der Waals surface area contributed by atoms with Crippen LogP contribution in [-0.4, -0.2) is 50.7 Å². The maximum atomic E-state index is 12.6. The predicted octanol–water partition coefficient (Wildman–Crippen LogP) is 2.43. The normalized spacial score (nSPS) is 15.4. The minimum atomic E-state index is -3.40. The summed E-state index contributed by atoms with van der Waals surface area (Å²) in [6.07, 6.45) is 0.956. The van der Waals surface area contributed by atoms with Crippen molar-refractivity contribution >= 4 is 33.4 Å². The van der Waals surface area contributed by atoms with Gasteiger partial charge < -0.3 is 10.6 Å². The summed E-state index contributed by atoms with van der Waals surface area (Å²) >= 11 is 6.00. The Morgan fingerprint density at radius 3 is 2.23 bits per heavy atom. The first-order valence-corrected chi connectivity index (χ1v) is 12.2. The second-order valence-corrected chi connectivity index (χ2v) is 9.82. The van der Waals surface area contributed by atoms with E-state index in [2.05, 4.69) is 10.6 Å². The molecule has 2 aromatic carbocycles. The van der Waals surface area contributed by atoms with Crippen molar-refractivity contribution in [2.75, 3.05) is 26.2 Å². The van der Waals surface area contributed by atoms with Gasteiger partial charge in [0.1, 0.15) is 0 Å². The van der Waals surface area contributed by atoms with Crippen LogP contribution in [0.4, 0.5) is 0 Å². The summed E-state index contributed by atoms with van der Waals surface area (Å²) in [4.78, 5) is 24.5. The SMILES string of the molecule is O=C(NCCNC(=O)C1CCN(S(=O)(=O)Cc2ccccc2)CC1)c1ccccc1Cl. The minimum Gasteiger partial charge on any atom is -0.354 e.